The summed E-state index contributed by atoms with van der Waals surface area (Å²) in [7, 11) is 1.66. The van der Waals surface area contributed by atoms with Gasteiger partial charge < -0.3 is 15.4 Å². The Balaban J connectivity index is 1.37. The Kier molecular flexibility index (Phi) is 5.29. The van der Waals surface area contributed by atoms with Gasteiger partial charge in [-0.3, -0.25) is 0 Å². The molecule has 2 atom stereocenters. The van der Waals surface area contributed by atoms with Crippen molar-refractivity contribution in [2.24, 2.45) is 5.41 Å². The second-order valence-corrected chi connectivity index (χ2v) is 8.86. The number of anilines is 1. The molecule has 2 unspecified atom stereocenters. The number of hydrogen-bond donors (Lipinski definition) is 2. The van der Waals surface area contributed by atoms with Gasteiger partial charge in [0.2, 0.25) is 5.95 Å². The topological polar surface area (TPSA) is 59.1 Å². The molecule has 2 fully saturated rings. The first-order valence-corrected chi connectivity index (χ1v) is 10.9. The summed E-state index contributed by atoms with van der Waals surface area (Å²) in [5, 5.41) is 7.16. The predicted octanol–water partition coefficient (Wildman–Crippen LogP) is 4.67. The largest absolute Gasteiger partial charge is 0.497 e. The highest BCUT2D eigenvalue weighted by atomic mass is 19.1. The number of hydrogen-bond acceptors (Lipinski definition) is 5. The zero-order valence-electron chi connectivity index (χ0n) is 17.9. The number of aromatic nitrogens is 2. The molecule has 2 aromatic carbocycles. The minimum Gasteiger partial charge on any atom is -0.497 e. The van der Waals surface area contributed by atoms with E-state index in [1.165, 1.54) is 12.1 Å². The van der Waals surface area contributed by atoms with Crippen LogP contribution in [0.15, 0.2) is 60.9 Å². The standard InChI is InChI=1S/C25H26F2N4O/c1-32-21-5-2-4-17(10-21)15-28-16-24(6-7-24)25(31-23-29-8-3-9-30-23)14-22(25)18-11-19(26)13-20(27)12-18/h2-5,8-13,22,28H,6-7,14-16H2,1H3,(H,29,30,31). The number of ether oxygens (including phenoxy) is 1. The van der Waals surface area contributed by atoms with Gasteiger partial charge in [-0.1, -0.05) is 12.1 Å². The summed E-state index contributed by atoms with van der Waals surface area (Å²) in [5.74, 6) is 0.291. The summed E-state index contributed by atoms with van der Waals surface area (Å²) < 4.78 is 33.2. The van der Waals surface area contributed by atoms with Crippen LogP contribution in [0, 0.1) is 17.0 Å². The zero-order chi connectivity index (χ0) is 22.2. The van der Waals surface area contributed by atoms with Crippen molar-refractivity contribution in [3.05, 3.63) is 83.7 Å². The molecule has 7 heteroatoms. The molecule has 2 saturated carbocycles. The molecule has 0 saturated heterocycles. The quantitative estimate of drug-likeness (QED) is 0.511. The fourth-order valence-corrected chi connectivity index (χ4v) is 5.02. The van der Waals surface area contributed by atoms with Crippen LogP contribution in [-0.2, 0) is 6.54 Å². The fourth-order valence-electron chi connectivity index (χ4n) is 5.02. The van der Waals surface area contributed by atoms with E-state index in [-0.39, 0.29) is 16.9 Å². The molecule has 0 spiro atoms. The Morgan fingerprint density at radius 1 is 1.03 bits per heavy atom. The molecule has 5 rings (SSSR count). The molecule has 166 valence electrons. The van der Waals surface area contributed by atoms with Crippen LogP contribution in [0.2, 0.25) is 0 Å². The van der Waals surface area contributed by atoms with E-state index < -0.39 is 11.6 Å². The fraction of sp³-hybridized carbons (Fsp3) is 0.360. The molecule has 2 aliphatic rings. The van der Waals surface area contributed by atoms with Gasteiger partial charge in [-0.15, -0.1) is 0 Å². The average molecular weight is 437 g/mol. The number of benzene rings is 2. The number of nitrogens with zero attached hydrogens (tertiary/aromatic N) is 2. The average Bonchev–Trinajstić information content (AvgIpc) is 3.70. The lowest BCUT2D eigenvalue weighted by molar-refractivity contribution is 0.365. The molecule has 0 aliphatic heterocycles. The number of rotatable bonds is 9. The maximum Gasteiger partial charge on any atom is 0.223 e. The Hall–Kier alpha value is -3.06. The van der Waals surface area contributed by atoms with Gasteiger partial charge in [0, 0.05) is 42.9 Å². The Labute approximate surface area is 186 Å². The van der Waals surface area contributed by atoms with Crippen molar-refractivity contribution in [2.75, 3.05) is 19.0 Å². The third kappa shape index (κ3) is 3.93. The molecule has 3 aromatic rings. The van der Waals surface area contributed by atoms with Crippen LogP contribution in [0.1, 0.15) is 36.3 Å². The number of halogens is 2. The van der Waals surface area contributed by atoms with Gasteiger partial charge in [0.05, 0.1) is 12.6 Å². The maximum absolute atomic E-state index is 14.0. The lowest BCUT2D eigenvalue weighted by Gasteiger charge is -2.30. The van der Waals surface area contributed by atoms with E-state index in [1.54, 1.807) is 25.6 Å². The molecule has 32 heavy (non-hydrogen) atoms. The van der Waals surface area contributed by atoms with Gasteiger partial charge in [-0.25, -0.2) is 18.7 Å². The lowest BCUT2D eigenvalue weighted by atomic mass is 9.89. The first kappa shape index (κ1) is 20.8. The third-order valence-corrected chi connectivity index (χ3v) is 6.88. The van der Waals surface area contributed by atoms with Gasteiger partial charge in [-0.05, 0) is 60.7 Å². The molecular weight excluding hydrogens is 410 g/mol. The van der Waals surface area contributed by atoms with E-state index in [2.05, 4.69) is 26.7 Å². The Bertz CT molecular complexity index is 1090. The Morgan fingerprint density at radius 3 is 2.47 bits per heavy atom. The molecule has 1 aromatic heterocycles. The summed E-state index contributed by atoms with van der Waals surface area (Å²) >= 11 is 0. The van der Waals surface area contributed by atoms with Crippen LogP contribution in [0.25, 0.3) is 0 Å². The van der Waals surface area contributed by atoms with Gasteiger partial charge in [0.1, 0.15) is 17.4 Å². The summed E-state index contributed by atoms with van der Waals surface area (Å²) in [6.45, 7) is 1.51. The molecule has 0 amide bonds. The van der Waals surface area contributed by atoms with Crippen LogP contribution in [0.5, 0.6) is 5.75 Å². The molecule has 0 radical (unpaired) electrons. The summed E-state index contributed by atoms with van der Waals surface area (Å²) in [5.41, 5.74) is 1.47. The van der Waals surface area contributed by atoms with E-state index in [1.807, 2.05) is 18.2 Å². The zero-order valence-corrected chi connectivity index (χ0v) is 17.9. The van der Waals surface area contributed by atoms with Crippen LogP contribution in [0.3, 0.4) is 0 Å². The van der Waals surface area contributed by atoms with Crippen LogP contribution < -0.4 is 15.4 Å². The van der Waals surface area contributed by atoms with Gasteiger partial charge in [0.25, 0.3) is 0 Å². The highest BCUT2D eigenvalue weighted by molar-refractivity contribution is 5.48. The van der Waals surface area contributed by atoms with Crippen molar-refractivity contribution in [3.63, 3.8) is 0 Å². The Morgan fingerprint density at radius 2 is 1.78 bits per heavy atom. The van der Waals surface area contributed by atoms with E-state index in [4.69, 9.17) is 4.74 Å². The van der Waals surface area contributed by atoms with Crippen molar-refractivity contribution in [1.29, 1.82) is 0 Å². The number of methoxy groups -OCH3 is 1. The van der Waals surface area contributed by atoms with E-state index in [9.17, 15) is 8.78 Å². The molecular formula is C25H26F2N4O. The highest BCUT2D eigenvalue weighted by Crippen LogP contribution is 2.71. The van der Waals surface area contributed by atoms with Crippen molar-refractivity contribution in [2.45, 2.75) is 37.3 Å². The lowest BCUT2D eigenvalue weighted by Crippen LogP contribution is -2.42. The monoisotopic (exact) mass is 436 g/mol. The molecule has 5 nitrogen and oxygen atoms in total. The second kappa shape index (κ2) is 8.13. The predicted molar refractivity (Wildman–Crippen MR) is 118 cm³/mol. The summed E-state index contributed by atoms with van der Waals surface area (Å²) in [6, 6.07) is 13.6. The van der Waals surface area contributed by atoms with Crippen molar-refractivity contribution in [3.8, 4) is 5.75 Å². The molecule has 2 N–H and O–H groups in total. The summed E-state index contributed by atoms with van der Waals surface area (Å²) in [6.07, 6.45) is 6.25. The van der Waals surface area contributed by atoms with Gasteiger partial charge >= 0.3 is 0 Å². The van der Waals surface area contributed by atoms with Crippen LogP contribution >= 0.6 is 0 Å². The van der Waals surface area contributed by atoms with E-state index in [0.29, 0.717) is 11.5 Å². The maximum atomic E-state index is 14.0. The first-order valence-electron chi connectivity index (χ1n) is 10.9. The second-order valence-electron chi connectivity index (χ2n) is 8.86. The van der Waals surface area contributed by atoms with Gasteiger partial charge in [-0.2, -0.15) is 0 Å². The third-order valence-electron chi connectivity index (χ3n) is 6.88. The highest BCUT2D eigenvalue weighted by Gasteiger charge is 2.71. The minimum absolute atomic E-state index is 0.00220. The van der Waals surface area contributed by atoms with Crippen molar-refractivity contribution >= 4 is 5.95 Å². The minimum atomic E-state index is -0.544. The smallest absolute Gasteiger partial charge is 0.223 e. The molecule has 2 aliphatic carbocycles. The normalized spacial score (nSPS) is 22.9. The van der Waals surface area contributed by atoms with Crippen molar-refractivity contribution in [1.82, 2.24) is 15.3 Å². The van der Waals surface area contributed by atoms with Crippen molar-refractivity contribution < 1.29 is 13.5 Å². The van der Waals surface area contributed by atoms with E-state index >= 15 is 0 Å². The van der Waals surface area contributed by atoms with Crippen LogP contribution in [0.4, 0.5) is 14.7 Å². The van der Waals surface area contributed by atoms with E-state index in [0.717, 1.165) is 49.7 Å². The SMILES string of the molecule is COc1cccc(CNCC2(C3(Nc4ncccn4)CC3c3cc(F)cc(F)c3)CC2)c1. The first-order chi connectivity index (χ1) is 15.5. The van der Waals surface area contributed by atoms with Gasteiger partial charge in [0.15, 0.2) is 0 Å². The molecule has 0 bridgehead atoms. The molecule has 1 heterocycles. The van der Waals surface area contributed by atoms with Crippen LogP contribution in [-0.4, -0.2) is 29.2 Å². The summed E-state index contributed by atoms with van der Waals surface area (Å²) in [4.78, 5) is 8.70. The number of nitrogens with one attached hydrogen (secondary N) is 2.